The van der Waals surface area contributed by atoms with E-state index < -0.39 is 0 Å². The molecule has 4 rings (SSSR count). The molecule has 0 atom stereocenters. The maximum Gasteiger partial charge on any atom is 0.259 e. The first-order valence-electron chi connectivity index (χ1n) is 7.54. The van der Waals surface area contributed by atoms with Crippen LogP contribution in [0, 0.1) is 0 Å². The maximum absolute atomic E-state index is 5.96. The average molecular weight is 337 g/mol. The fraction of sp³-hybridized carbons (Fsp3) is 0.125. The van der Waals surface area contributed by atoms with Gasteiger partial charge in [-0.2, -0.15) is 19.5 Å². The summed E-state index contributed by atoms with van der Waals surface area (Å²) in [7, 11) is 1.63. The first-order chi connectivity index (χ1) is 12.2. The number of nitrogens with two attached hydrogens (primary N) is 1. The molecule has 9 nitrogen and oxygen atoms in total. The molecule has 0 aliphatic rings. The van der Waals surface area contributed by atoms with Gasteiger partial charge in [-0.15, -0.1) is 5.10 Å². The second-order valence-electron chi connectivity index (χ2n) is 5.20. The van der Waals surface area contributed by atoms with Crippen molar-refractivity contribution in [1.82, 2.24) is 24.6 Å². The van der Waals surface area contributed by atoms with Crippen molar-refractivity contribution in [2.75, 3.05) is 18.2 Å². The summed E-state index contributed by atoms with van der Waals surface area (Å²) in [5.41, 5.74) is 6.94. The van der Waals surface area contributed by atoms with Crippen LogP contribution in [0.25, 0.3) is 17.4 Å². The Morgan fingerprint density at radius 3 is 2.84 bits per heavy atom. The van der Waals surface area contributed by atoms with Crippen LogP contribution >= 0.6 is 0 Å². The summed E-state index contributed by atoms with van der Waals surface area (Å²) in [6, 6.07) is 11.2. The van der Waals surface area contributed by atoms with Gasteiger partial charge in [0, 0.05) is 12.1 Å². The molecule has 0 amide bonds. The van der Waals surface area contributed by atoms with E-state index in [4.69, 9.17) is 14.9 Å². The van der Waals surface area contributed by atoms with E-state index in [1.165, 1.54) is 4.52 Å². The lowest BCUT2D eigenvalue weighted by Gasteiger charge is -2.09. The molecule has 1 aromatic carbocycles. The summed E-state index contributed by atoms with van der Waals surface area (Å²) < 4.78 is 12.0. The van der Waals surface area contributed by atoms with Crippen molar-refractivity contribution in [1.29, 1.82) is 0 Å². The van der Waals surface area contributed by atoms with Gasteiger partial charge < -0.3 is 20.2 Å². The molecule has 126 valence electrons. The second-order valence-corrected chi connectivity index (χ2v) is 5.20. The number of fused-ring (bicyclic) bond motifs is 1. The van der Waals surface area contributed by atoms with Crippen LogP contribution in [-0.2, 0) is 6.54 Å². The highest BCUT2D eigenvalue weighted by molar-refractivity contribution is 5.52. The third-order valence-corrected chi connectivity index (χ3v) is 3.60. The number of nitrogens with one attached hydrogen (secondary N) is 1. The highest BCUT2D eigenvalue weighted by Gasteiger charge is 2.14. The van der Waals surface area contributed by atoms with Gasteiger partial charge in [0.15, 0.2) is 5.76 Å². The van der Waals surface area contributed by atoms with E-state index in [9.17, 15) is 0 Å². The number of ether oxygens (including phenoxy) is 1. The first kappa shape index (κ1) is 14.9. The van der Waals surface area contributed by atoms with Gasteiger partial charge in [0.05, 0.1) is 13.4 Å². The summed E-state index contributed by atoms with van der Waals surface area (Å²) in [6.07, 6.45) is 1.55. The number of hydrogen-bond acceptors (Lipinski definition) is 8. The van der Waals surface area contributed by atoms with Gasteiger partial charge in [-0.05, 0) is 18.2 Å². The third kappa shape index (κ3) is 2.82. The fourth-order valence-corrected chi connectivity index (χ4v) is 2.42. The molecule has 25 heavy (non-hydrogen) atoms. The van der Waals surface area contributed by atoms with Crippen molar-refractivity contribution >= 4 is 17.7 Å². The number of hydrogen-bond donors (Lipinski definition) is 2. The molecule has 3 heterocycles. The minimum Gasteiger partial charge on any atom is -0.496 e. The molecule has 0 aliphatic heterocycles. The lowest BCUT2D eigenvalue weighted by Crippen LogP contribution is -2.10. The monoisotopic (exact) mass is 337 g/mol. The van der Waals surface area contributed by atoms with E-state index in [1.54, 1.807) is 25.5 Å². The first-order valence-corrected chi connectivity index (χ1v) is 7.54. The van der Waals surface area contributed by atoms with Crippen LogP contribution in [0.2, 0.25) is 0 Å². The zero-order valence-corrected chi connectivity index (χ0v) is 13.4. The summed E-state index contributed by atoms with van der Waals surface area (Å²) in [5.74, 6) is 2.58. The number of furan rings is 1. The van der Waals surface area contributed by atoms with E-state index in [0.29, 0.717) is 29.9 Å². The highest BCUT2D eigenvalue weighted by atomic mass is 16.5. The van der Waals surface area contributed by atoms with Crippen LogP contribution in [0.4, 0.5) is 11.9 Å². The number of aromatic nitrogens is 5. The van der Waals surface area contributed by atoms with Crippen LogP contribution in [-0.4, -0.2) is 31.7 Å². The van der Waals surface area contributed by atoms with Crippen molar-refractivity contribution < 1.29 is 9.15 Å². The number of anilines is 2. The molecule has 0 saturated carbocycles. The Morgan fingerprint density at radius 1 is 1.16 bits per heavy atom. The minimum atomic E-state index is 0.179. The van der Waals surface area contributed by atoms with Gasteiger partial charge in [0.1, 0.15) is 5.75 Å². The molecule has 0 radical (unpaired) electrons. The minimum absolute atomic E-state index is 0.179. The van der Waals surface area contributed by atoms with Crippen molar-refractivity contribution in [2.45, 2.75) is 6.54 Å². The Morgan fingerprint density at radius 2 is 2.04 bits per heavy atom. The molecule has 3 N–H and O–H groups in total. The van der Waals surface area contributed by atoms with E-state index in [0.717, 1.165) is 11.3 Å². The Hall–Kier alpha value is -3.62. The smallest absolute Gasteiger partial charge is 0.259 e. The van der Waals surface area contributed by atoms with Crippen LogP contribution in [0.5, 0.6) is 5.75 Å². The molecule has 0 fully saturated rings. The molecule has 9 heteroatoms. The number of benzene rings is 1. The van der Waals surface area contributed by atoms with Crippen molar-refractivity contribution in [3.63, 3.8) is 0 Å². The van der Waals surface area contributed by atoms with E-state index >= 15 is 0 Å². The normalized spacial score (nSPS) is 10.9. The number of para-hydroxylation sites is 1. The molecular weight excluding hydrogens is 322 g/mol. The van der Waals surface area contributed by atoms with Gasteiger partial charge in [-0.3, -0.25) is 0 Å². The molecule has 0 aliphatic carbocycles. The van der Waals surface area contributed by atoms with Crippen molar-refractivity contribution in [3.05, 3.63) is 48.2 Å². The van der Waals surface area contributed by atoms with Crippen molar-refractivity contribution in [3.8, 4) is 17.3 Å². The largest absolute Gasteiger partial charge is 0.496 e. The zero-order valence-electron chi connectivity index (χ0n) is 13.4. The predicted octanol–water partition coefficient (Wildman–Crippen LogP) is 1.98. The van der Waals surface area contributed by atoms with E-state index in [-0.39, 0.29) is 5.95 Å². The van der Waals surface area contributed by atoms with Gasteiger partial charge in [0.25, 0.3) is 5.78 Å². The summed E-state index contributed by atoms with van der Waals surface area (Å²) in [6.45, 7) is 0.485. The van der Waals surface area contributed by atoms with E-state index in [1.807, 2.05) is 24.3 Å². The molecule has 0 bridgehead atoms. The molecule has 4 aromatic rings. The SMILES string of the molecule is COc1ccccc1CNc1nc(N)n2nc(-c3ccco3)nc2n1. The van der Waals surface area contributed by atoms with Crippen LogP contribution < -0.4 is 15.8 Å². The Labute approximate surface area is 142 Å². The predicted molar refractivity (Wildman–Crippen MR) is 91.0 cm³/mol. The topological polar surface area (TPSA) is 116 Å². The highest BCUT2D eigenvalue weighted by Crippen LogP contribution is 2.20. The van der Waals surface area contributed by atoms with Crippen molar-refractivity contribution in [2.24, 2.45) is 0 Å². The van der Waals surface area contributed by atoms with Gasteiger partial charge in [-0.1, -0.05) is 18.2 Å². The molecule has 0 spiro atoms. The van der Waals surface area contributed by atoms with Crippen LogP contribution in [0.1, 0.15) is 5.56 Å². The third-order valence-electron chi connectivity index (χ3n) is 3.60. The quantitative estimate of drug-likeness (QED) is 0.568. The lowest BCUT2D eigenvalue weighted by molar-refractivity contribution is 0.410. The standard InChI is InChI=1S/C16H15N7O2/c1-24-11-6-3-2-5-10(11)9-18-15-20-14(17)23-16(21-15)19-13(22-23)12-7-4-8-25-12/h2-8H,9H2,1H3,(H3,17,18,19,20,21,22). The molecule has 0 unspecified atom stereocenters. The Balaban J connectivity index is 1.62. The Kier molecular flexibility index (Phi) is 3.65. The summed E-state index contributed by atoms with van der Waals surface area (Å²) in [4.78, 5) is 12.9. The molecule has 0 saturated heterocycles. The summed E-state index contributed by atoms with van der Waals surface area (Å²) >= 11 is 0. The van der Waals surface area contributed by atoms with Gasteiger partial charge in [-0.25, -0.2) is 0 Å². The van der Waals surface area contributed by atoms with Gasteiger partial charge >= 0.3 is 0 Å². The lowest BCUT2D eigenvalue weighted by atomic mass is 10.2. The maximum atomic E-state index is 5.96. The molecular formula is C16H15N7O2. The Bertz CT molecular complexity index is 1010. The number of methoxy groups -OCH3 is 1. The number of rotatable bonds is 5. The van der Waals surface area contributed by atoms with Crippen LogP contribution in [0.15, 0.2) is 47.1 Å². The second kappa shape index (κ2) is 6.11. The fourth-order valence-electron chi connectivity index (χ4n) is 2.42. The van der Waals surface area contributed by atoms with E-state index in [2.05, 4.69) is 25.4 Å². The number of nitrogen functional groups attached to an aromatic ring is 1. The zero-order chi connectivity index (χ0) is 17.2. The average Bonchev–Trinajstić information content (AvgIpc) is 3.29. The number of nitrogens with zero attached hydrogens (tertiary/aromatic N) is 5. The summed E-state index contributed by atoms with van der Waals surface area (Å²) in [5, 5.41) is 7.38. The van der Waals surface area contributed by atoms with Crippen LogP contribution in [0.3, 0.4) is 0 Å². The van der Waals surface area contributed by atoms with Gasteiger partial charge in [0.2, 0.25) is 17.7 Å². The molecule has 3 aromatic heterocycles.